The molecule has 1 aromatic carbocycles. The fourth-order valence-electron chi connectivity index (χ4n) is 2.46. The summed E-state index contributed by atoms with van der Waals surface area (Å²) >= 11 is 6.37. The topological polar surface area (TPSA) is 22.8 Å². The molecule has 0 atom stereocenters. The SMILES string of the molecule is CCc1nn(C)c(Cn2ccc3cc(F)ccc32)c1Cl. The molecular formula is C15H15ClFN3. The van der Waals surface area contributed by atoms with E-state index in [9.17, 15) is 4.39 Å². The van der Waals surface area contributed by atoms with Crippen LogP contribution in [0.5, 0.6) is 0 Å². The van der Waals surface area contributed by atoms with Crippen LogP contribution >= 0.6 is 11.6 Å². The second-order valence-corrected chi connectivity index (χ2v) is 5.21. The van der Waals surface area contributed by atoms with Gasteiger partial charge in [-0.1, -0.05) is 18.5 Å². The number of fused-ring (bicyclic) bond motifs is 1. The predicted octanol–water partition coefficient (Wildman–Crippen LogP) is 3.78. The van der Waals surface area contributed by atoms with Crippen molar-refractivity contribution in [2.75, 3.05) is 0 Å². The van der Waals surface area contributed by atoms with Crippen LogP contribution in [0, 0.1) is 5.82 Å². The van der Waals surface area contributed by atoms with Gasteiger partial charge in [0.25, 0.3) is 0 Å². The quantitative estimate of drug-likeness (QED) is 0.720. The summed E-state index contributed by atoms with van der Waals surface area (Å²) in [6.45, 7) is 2.66. The average Bonchev–Trinajstić information content (AvgIpc) is 2.94. The molecule has 3 rings (SSSR count). The van der Waals surface area contributed by atoms with Gasteiger partial charge in [0.05, 0.1) is 23.0 Å². The molecule has 0 unspecified atom stereocenters. The smallest absolute Gasteiger partial charge is 0.123 e. The van der Waals surface area contributed by atoms with Crippen molar-refractivity contribution in [3.63, 3.8) is 0 Å². The lowest BCUT2D eigenvalue weighted by Crippen LogP contribution is -2.05. The Morgan fingerprint density at radius 1 is 1.30 bits per heavy atom. The normalized spacial score (nSPS) is 11.4. The Labute approximate surface area is 121 Å². The van der Waals surface area contributed by atoms with E-state index in [-0.39, 0.29) is 5.82 Å². The van der Waals surface area contributed by atoms with Gasteiger partial charge in [0.2, 0.25) is 0 Å². The summed E-state index contributed by atoms with van der Waals surface area (Å²) in [7, 11) is 1.89. The van der Waals surface area contributed by atoms with Gasteiger partial charge in [0, 0.05) is 24.1 Å². The second kappa shape index (κ2) is 4.94. The van der Waals surface area contributed by atoms with E-state index in [1.807, 2.05) is 30.9 Å². The second-order valence-electron chi connectivity index (χ2n) is 4.83. The Kier molecular flexibility index (Phi) is 3.26. The molecule has 0 aliphatic carbocycles. The van der Waals surface area contributed by atoms with Crippen molar-refractivity contribution in [2.45, 2.75) is 19.9 Å². The van der Waals surface area contributed by atoms with Crippen molar-refractivity contribution in [1.29, 1.82) is 0 Å². The monoisotopic (exact) mass is 291 g/mol. The third-order valence-electron chi connectivity index (χ3n) is 3.56. The van der Waals surface area contributed by atoms with Crippen LogP contribution in [-0.2, 0) is 20.0 Å². The molecule has 0 amide bonds. The average molecular weight is 292 g/mol. The third-order valence-corrected chi connectivity index (χ3v) is 3.99. The van der Waals surface area contributed by atoms with Crippen molar-refractivity contribution >= 4 is 22.5 Å². The van der Waals surface area contributed by atoms with Gasteiger partial charge in [0.15, 0.2) is 0 Å². The summed E-state index contributed by atoms with van der Waals surface area (Å²) in [6.07, 6.45) is 2.75. The first-order valence-electron chi connectivity index (χ1n) is 6.54. The zero-order chi connectivity index (χ0) is 14.3. The first-order valence-corrected chi connectivity index (χ1v) is 6.92. The molecule has 2 heterocycles. The van der Waals surface area contributed by atoms with Gasteiger partial charge in [-0.25, -0.2) is 4.39 Å². The van der Waals surface area contributed by atoms with Crippen LogP contribution in [0.3, 0.4) is 0 Å². The fraction of sp³-hybridized carbons (Fsp3) is 0.267. The Balaban J connectivity index is 2.03. The number of rotatable bonds is 3. The highest BCUT2D eigenvalue weighted by atomic mass is 35.5. The van der Waals surface area contributed by atoms with Gasteiger partial charge < -0.3 is 4.57 Å². The number of halogens is 2. The molecule has 3 aromatic rings. The van der Waals surface area contributed by atoms with Crippen molar-refractivity contribution in [3.05, 3.63) is 52.7 Å². The van der Waals surface area contributed by atoms with Crippen LogP contribution in [0.2, 0.25) is 5.02 Å². The third kappa shape index (κ3) is 2.10. The molecule has 0 spiro atoms. The van der Waals surface area contributed by atoms with Crippen LogP contribution < -0.4 is 0 Å². The molecule has 0 N–H and O–H groups in total. The molecule has 20 heavy (non-hydrogen) atoms. The maximum atomic E-state index is 13.2. The number of aryl methyl sites for hydroxylation is 2. The van der Waals surface area contributed by atoms with E-state index < -0.39 is 0 Å². The minimum absolute atomic E-state index is 0.220. The first-order chi connectivity index (χ1) is 9.60. The highest BCUT2D eigenvalue weighted by Crippen LogP contribution is 2.24. The Morgan fingerprint density at radius 2 is 2.10 bits per heavy atom. The van der Waals surface area contributed by atoms with E-state index in [0.29, 0.717) is 6.54 Å². The summed E-state index contributed by atoms with van der Waals surface area (Å²) in [6, 6.07) is 6.70. The van der Waals surface area contributed by atoms with E-state index in [1.165, 1.54) is 12.1 Å². The van der Waals surface area contributed by atoms with E-state index in [4.69, 9.17) is 11.6 Å². The van der Waals surface area contributed by atoms with Gasteiger partial charge in [-0.3, -0.25) is 4.68 Å². The van der Waals surface area contributed by atoms with Crippen molar-refractivity contribution in [1.82, 2.24) is 14.3 Å². The summed E-state index contributed by atoms with van der Waals surface area (Å²) in [5, 5.41) is 6.02. The largest absolute Gasteiger partial charge is 0.341 e. The van der Waals surface area contributed by atoms with Crippen molar-refractivity contribution < 1.29 is 4.39 Å². The molecular weight excluding hydrogens is 277 g/mol. The highest BCUT2D eigenvalue weighted by molar-refractivity contribution is 6.31. The number of aromatic nitrogens is 3. The van der Waals surface area contributed by atoms with Gasteiger partial charge in [-0.15, -0.1) is 0 Å². The number of benzene rings is 1. The molecule has 0 fully saturated rings. The zero-order valence-corrected chi connectivity index (χ0v) is 12.2. The maximum absolute atomic E-state index is 13.2. The van der Waals surface area contributed by atoms with Gasteiger partial charge in [0.1, 0.15) is 5.82 Å². The van der Waals surface area contributed by atoms with Crippen LogP contribution in [0.15, 0.2) is 30.5 Å². The molecule has 0 saturated carbocycles. The van der Waals surface area contributed by atoms with E-state index in [1.54, 1.807) is 6.07 Å². The predicted molar refractivity (Wildman–Crippen MR) is 78.6 cm³/mol. The maximum Gasteiger partial charge on any atom is 0.123 e. The van der Waals surface area contributed by atoms with Gasteiger partial charge in [-0.2, -0.15) is 5.10 Å². The van der Waals surface area contributed by atoms with Crippen LogP contribution in [0.1, 0.15) is 18.3 Å². The lowest BCUT2D eigenvalue weighted by molar-refractivity contribution is 0.629. The highest BCUT2D eigenvalue weighted by Gasteiger charge is 2.14. The first kappa shape index (κ1) is 13.2. The lowest BCUT2D eigenvalue weighted by atomic mass is 10.2. The minimum atomic E-state index is -0.220. The van der Waals surface area contributed by atoms with Crippen LogP contribution in [-0.4, -0.2) is 14.3 Å². The molecule has 0 aliphatic heterocycles. The number of hydrogen-bond donors (Lipinski definition) is 0. The molecule has 5 heteroatoms. The van der Waals surface area contributed by atoms with E-state index in [2.05, 4.69) is 9.67 Å². The molecule has 0 aliphatic rings. The van der Waals surface area contributed by atoms with Crippen LogP contribution in [0.4, 0.5) is 4.39 Å². The molecule has 104 valence electrons. The Bertz CT molecular complexity index is 773. The summed E-state index contributed by atoms with van der Waals surface area (Å²) in [5.41, 5.74) is 2.86. The molecule has 3 nitrogen and oxygen atoms in total. The summed E-state index contributed by atoms with van der Waals surface area (Å²) in [4.78, 5) is 0. The molecule has 0 bridgehead atoms. The standard InChI is InChI=1S/C15H15ClFN3/c1-3-12-15(16)14(19(2)18-12)9-20-7-6-10-8-11(17)4-5-13(10)20/h4-8H,3,9H2,1-2H3. The molecule has 2 aromatic heterocycles. The summed E-state index contributed by atoms with van der Waals surface area (Å²) in [5.74, 6) is -0.220. The van der Waals surface area contributed by atoms with Crippen LogP contribution in [0.25, 0.3) is 10.9 Å². The minimum Gasteiger partial charge on any atom is -0.341 e. The Hall–Kier alpha value is -1.81. The number of hydrogen-bond acceptors (Lipinski definition) is 1. The van der Waals surface area contributed by atoms with Crippen molar-refractivity contribution in [3.8, 4) is 0 Å². The summed E-state index contributed by atoms with van der Waals surface area (Å²) < 4.78 is 17.1. The Morgan fingerprint density at radius 3 is 2.80 bits per heavy atom. The molecule has 0 radical (unpaired) electrons. The lowest BCUT2D eigenvalue weighted by Gasteiger charge is -2.06. The zero-order valence-electron chi connectivity index (χ0n) is 11.4. The number of nitrogens with zero attached hydrogens (tertiary/aromatic N) is 3. The van der Waals surface area contributed by atoms with Gasteiger partial charge in [-0.05, 0) is 30.7 Å². The fourth-order valence-corrected chi connectivity index (χ4v) is 2.82. The van der Waals surface area contributed by atoms with E-state index >= 15 is 0 Å². The van der Waals surface area contributed by atoms with Crippen molar-refractivity contribution in [2.24, 2.45) is 7.05 Å². The van der Waals surface area contributed by atoms with Gasteiger partial charge >= 0.3 is 0 Å². The van der Waals surface area contributed by atoms with E-state index in [0.717, 1.165) is 33.7 Å². The molecule has 0 saturated heterocycles.